The van der Waals surface area contributed by atoms with Gasteiger partial charge >= 0.3 is 0 Å². The summed E-state index contributed by atoms with van der Waals surface area (Å²) < 4.78 is 2.50. The molecule has 6 nitrogen and oxygen atoms in total. The van der Waals surface area contributed by atoms with Gasteiger partial charge in [0.25, 0.3) is 5.91 Å². The van der Waals surface area contributed by atoms with Gasteiger partial charge in [-0.15, -0.1) is 0 Å². The van der Waals surface area contributed by atoms with Crippen molar-refractivity contribution >= 4 is 33.4 Å². The van der Waals surface area contributed by atoms with Crippen molar-refractivity contribution in [2.45, 2.75) is 25.8 Å². The van der Waals surface area contributed by atoms with E-state index in [1.165, 1.54) is 0 Å². The Kier molecular flexibility index (Phi) is 4.71. The van der Waals surface area contributed by atoms with Gasteiger partial charge in [-0.1, -0.05) is 0 Å². The highest BCUT2D eigenvalue weighted by Gasteiger charge is 2.18. The number of carbonyl (C=O) groups is 2. The van der Waals surface area contributed by atoms with Gasteiger partial charge in [0.05, 0.1) is 12.2 Å². The number of carbonyl (C=O) groups excluding carboxylic acids is 2. The Morgan fingerprint density at radius 3 is 2.88 bits per heavy atom. The molecule has 1 aromatic carbocycles. The molecular formula is C17H19BrN4O2. The maximum absolute atomic E-state index is 12.7. The zero-order valence-electron chi connectivity index (χ0n) is 13.7. The number of hydrogen-bond donors (Lipinski definition) is 1. The predicted molar refractivity (Wildman–Crippen MR) is 94.7 cm³/mol. The Bertz CT molecular complexity index is 800. The van der Waals surface area contributed by atoms with Crippen molar-refractivity contribution in [3.05, 3.63) is 45.7 Å². The molecule has 2 heterocycles. The number of hydrogen-bond acceptors (Lipinski definition) is 3. The fourth-order valence-corrected chi connectivity index (χ4v) is 3.36. The Morgan fingerprint density at radius 1 is 1.38 bits per heavy atom. The smallest absolute Gasteiger partial charge is 0.253 e. The molecule has 0 unspecified atom stereocenters. The van der Waals surface area contributed by atoms with Crippen molar-refractivity contribution in [3.63, 3.8) is 0 Å². The summed E-state index contributed by atoms with van der Waals surface area (Å²) >= 11 is 3.34. The Hall–Kier alpha value is -2.15. The number of fused-ring (bicyclic) bond motifs is 1. The van der Waals surface area contributed by atoms with E-state index in [4.69, 9.17) is 0 Å². The van der Waals surface area contributed by atoms with Crippen LogP contribution in [0, 0.1) is 0 Å². The number of rotatable bonds is 3. The lowest BCUT2D eigenvalue weighted by molar-refractivity contribution is -0.116. The molecule has 0 saturated heterocycles. The first kappa shape index (κ1) is 16.7. The molecular weight excluding hydrogens is 372 g/mol. The summed E-state index contributed by atoms with van der Waals surface area (Å²) in [6, 6.07) is 7.37. The molecule has 2 amide bonds. The molecule has 0 atom stereocenters. The second-order valence-electron chi connectivity index (χ2n) is 6.02. The summed E-state index contributed by atoms with van der Waals surface area (Å²) in [5.74, 6) is -0.0163. The van der Waals surface area contributed by atoms with Crippen molar-refractivity contribution in [3.8, 4) is 0 Å². The second-order valence-corrected chi connectivity index (χ2v) is 6.83. The first-order chi connectivity index (χ1) is 11.4. The van der Waals surface area contributed by atoms with E-state index in [1.54, 1.807) is 22.7 Å². The van der Waals surface area contributed by atoms with Gasteiger partial charge in [0.1, 0.15) is 4.60 Å². The van der Waals surface area contributed by atoms with Crippen LogP contribution < -0.4 is 5.32 Å². The van der Waals surface area contributed by atoms with Gasteiger partial charge < -0.3 is 10.2 Å². The number of aryl methyl sites for hydroxylation is 2. The van der Waals surface area contributed by atoms with E-state index < -0.39 is 0 Å². The van der Waals surface area contributed by atoms with E-state index >= 15 is 0 Å². The molecule has 3 rings (SSSR count). The van der Waals surface area contributed by atoms with Crippen LogP contribution in [0.3, 0.4) is 0 Å². The molecule has 7 heteroatoms. The van der Waals surface area contributed by atoms with Crippen LogP contribution in [-0.2, 0) is 24.8 Å². The first-order valence-corrected chi connectivity index (χ1v) is 8.60. The summed E-state index contributed by atoms with van der Waals surface area (Å²) in [5, 5.41) is 7.11. The summed E-state index contributed by atoms with van der Waals surface area (Å²) in [6.45, 7) is 0.474. The molecule has 0 radical (unpaired) electrons. The molecule has 0 fully saturated rings. The van der Waals surface area contributed by atoms with Crippen LogP contribution in [-0.4, -0.2) is 33.5 Å². The minimum Gasteiger partial charge on any atom is -0.336 e. The van der Waals surface area contributed by atoms with E-state index in [0.29, 0.717) is 18.5 Å². The normalized spacial score (nSPS) is 13.9. The molecule has 1 aliphatic rings. The van der Waals surface area contributed by atoms with Crippen molar-refractivity contribution in [1.29, 1.82) is 0 Å². The van der Waals surface area contributed by atoms with E-state index in [9.17, 15) is 9.59 Å². The molecule has 24 heavy (non-hydrogen) atoms. The monoisotopic (exact) mass is 390 g/mol. The van der Waals surface area contributed by atoms with Gasteiger partial charge in [-0.05, 0) is 58.6 Å². The zero-order chi connectivity index (χ0) is 17.3. The van der Waals surface area contributed by atoms with Crippen LogP contribution in [0.15, 0.2) is 28.9 Å². The fraction of sp³-hybridized carbons (Fsp3) is 0.353. The van der Waals surface area contributed by atoms with Gasteiger partial charge in [-0.3, -0.25) is 14.3 Å². The number of benzene rings is 1. The van der Waals surface area contributed by atoms with Crippen LogP contribution in [0.25, 0.3) is 0 Å². The number of aromatic nitrogens is 2. The lowest BCUT2D eigenvalue weighted by Crippen LogP contribution is -2.27. The number of nitrogens with one attached hydrogen (secondary N) is 1. The standard InChI is InChI=1S/C17H19BrN4O2/c1-21(10-13-9-15(18)20-22(13)2)17(24)12-6-7-14-11(8-12)4-3-5-16(23)19-14/h6-9H,3-5,10H2,1-2H3,(H,19,23). The van der Waals surface area contributed by atoms with Gasteiger partial charge in [0, 0.05) is 31.8 Å². The van der Waals surface area contributed by atoms with E-state index in [-0.39, 0.29) is 11.8 Å². The molecule has 1 aliphatic heterocycles. The molecule has 1 aromatic heterocycles. The summed E-state index contributed by atoms with van der Waals surface area (Å²) in [5.41, 5.74) is 3.41. The van der Waals surface area contributed by atoms with Crippen LogP contribution >= 0.6 is 15.9 Å². The number of halogens is 1. The van der Waals surface area contributed by atoms with Gasteiger partial charge in [-0.2, -0.15) is 5.10 Å². The average molecular weight is 391 g/mol. The summed E-state index contributed by atoms with van der Waals surface area (Å²) in [7, 11) is 3.63. The number of nitrogens with zero attached hydrogens (tertiary/aromatic N) is 3. The van der Waals surface area contributed by atoms with Crippen LogP contribution in [0.1, 0.15) is 34.5 Å². The predicted octanol–water partition coefficient (Wildman–Crippen LogP) is 2.73. The van der Waals surface area contributed by atoms with Crippen LogP contribution in [0.4, 0.5) is 5.69 Å². The molecule has 2 aromatic rings. The Morgan fingerprint density at radius 2 is 2.17 bits per heavy atom. The lowest BCUT2D eigenvalue weighted by Gasteiger charge is -2.18. The van der Waals surface area contributed by atoms with Crippen molar-refractivity contribution in [2.75, 3.05) is 12.4 Å². The molecule has 126 valence electrons. The van der Waals surface area contributed by atoms with Crippen LogP contribution in [0.5, 0.6) is 0 Å². The maximum atomic E-state index is 12.7. The summed E-state index contributed by atoms with van der Waals surface area (Å²) in [6.07, 6.45) is 2.12. The molecule has 0 spiro atoms. The van der Waals surface area contributed by atoms with Gasteiger partial charge in [-0.25, -0.2) is 0 Å². The van der Waals surface area contributed by atoms with Gasteiger partial charge in [0.15, 0.2) is 0 Å². The SMILES string of the molecule is CN(Cc1cc(Br)nn1C)C(=O)c1ccc2c(c1)CCCC(=O)N2. The van der Waals surface area contributed by atoms with E-state index in [0.717, 1.165) is 34.4 Å². The average Bonchev–Trinajstić information content (AvgIpc) is 2.74. The third-order valence-electron chi connectivity index (χ3n) is 4.17. The largest absolute Gasteiger partial charge is 0.336 e. The van der Waals surface area contributed by atoms with Crippen molar-refractivity contribution in [2.24, 2.45) is 7.05 Å². The summed E-state index contributed by atoms with van der Waals surface area (Å²) in [4.78, 5) is 26.0. The second kappa shape index (κ2) is 6.76. The third kappa shape index (κ3) is 3.51. The lowest BCUT2D eigenvalue weighted by atomic mass is 10.0. The molecule has 0 aliphatic carbocycles. The highest BCUT2D eigenvalue weighted by molar-refractivity contribution is 9.10. The Labute approximate surface area is 149 Å². The zero-order valence-corrected chi connectivity index (χ0v) is 15.3. The molecule has 1 N–H and O–H groups in total. The quantitative estimate of drug-likeness (QED) is 0.875. The van der Waals surface area contributed by atoms with Crippen molar-refractivity contribution in [1.82, 2.24) is 14.7 Å². The van der Waals surface area contributed by atoms with E-state index in [1.807, 2.05) is 25.2 Å². The fourth-order valence-electron chi connectivity index (χ4n) is 2.86. The first-order valence-electron chi connectivity index (χ1n) is 7.80. The number of anilines is 1. The Balaban J connectivity index is 1.78. The van der Waals surface area contributed by atoms with Crippen LogP contribution in [0.2, 0.25) is 0 Å². The molecule has 0 saturated carbocycles. The van der Waals surface area contributed by atoms with E-state index in [2.05, 4.69) is 26.3 Å². The third-order valence-corrected chi connectivity index (χ3v) is 4.56. The topological polar surface area (TPSA) is 67.2 Å². The minimum absolute atomic E-state index is 0.0340. The van der Waals surface area contributed by atoms with Crippen molar-refractivity contribution < 1.29 is 9.59 Å². The van der Waals surface area contributed by atoms with Gasteiger partial charge in [0.2, 0.25) is 5.91 Å². The maximum Gasteiger partial charge on any atom is 0.253 e. The molecule has 0 bridgehead atoms. The minimum atomic E-state index is -0.0503. The number of amides is 2. The highest BCUT2D eigenvalue weighted by Crippen LogP contribution is 2.24. The highest BCUT2D eigenvalue weighted by atomic mass is 79.9.